The highest BCUT2D eigenvalue weighted by atomic mass is 16.4. The van der Waals surface area contributed by atoms with E-state index in [-0.39, 0.29) is 12.4 Å². The molecule has 2 aromatic rings. The van der Waals surface area contributed by atoms with Crippen LogP contribution in [0.2, 0.25) is 0 Å². The molecule has 0 radical (unpaired) electrons. The van der Waals surface area contributed by atoms with E-state index in [9.17, 15) is 14.7 Å². The van der Waals surface area contributed by atoms with Crippen LogP contribution in [0.25, 0.3) is 0 Å². The van der Waals surface area contributed by atoms with Crippen molar-refractivity contribution >= 4 is 23.6 Å². The summed E-state index contributed by atoms with van der Waals surface area (Å²) >= 11 is 0. The Hall–Kier alpha value is -3.16. The van der Waals surface area contributed by atoms with Crippen molar-refractivity contribution < 1.29 is 14.7 Å². The molecule has 0 aromatic carbocycles. The number of carbonyl (C=O) groups is 2. The minimum atomic E-state index is -1.08. The molecule has 132 valence electrons. The Balaban J connectivity index is 2.05. The van der Waals surface area contributed by atoms with E-state index in [0.29, 0.717) is 5.69 Å². The Bertz CT molecular complexity index is 743. The third kappa shape index (κ3) is 5.17. The van der Waals surface area contributed by atoms with Crippen molar-refractivity contribution in [2.45, 2.75) is 32.9 Å². The molecule has 2 heterocycles. The number of carboxylic acid groups (broad SMARTS) is 1. The Labute approximate surface area is 145 Å². The molecule has 3 amide bonds. The molecule has 0 saturated carbocycles. The van der Waals surface area contributed by atoms with Gasteiger partial charge in [-0.05, 0) is 39.0 Å². The first kappa shape index (κ1) is 18.2. The summed E-state index contributed by atoms with van der Waals surface area (Å²) in [6, 6.07) is 8.07. The van der Waals surface area contributed by atoms with Gasteiger partial charge in [-0.25, -0.2) is 14.6 Å². The number of pyridine rings is 2. The summed E-state index contributed by atoms with van der Waals surface area (Å²) in [6.07, 6.45) is 2.02. The van der Waals surface area contributed by atoms with Crippen molar-refractivity contribution in [1.82, 2.24) is 15.3 Å². The molecule has 0 fully saturated rings. The van der Waals surface area contributed by atoms with E-state index in [1.54, 1.807) is 45.2 Å². The van der Waals surface area contributed by atoms with Gasteiger partial charge in [0.05, 0.1) is 17.9 Å². The number of nitrogens with zero attached hydrogens (tertiary/aromatic N) is 3. The minimum Gasteiger partial charge on any atom is -0.465 e. The summed E-state index contributed by atoms with van der Waals surface area (Å²) in [5.74, 6) is 0.256. The maximum absolute atomic E-state index is 12.0. The van der Waals surface area contributed by atoms with Gasteiger partial charge in [-0.15, -0.1) is 0 Å². The van der Waals surface area contributed by atoms with Crippen molar-refractivity contribution in [2.75, 3.05) is 10.2 Å². The fraction of sp³-hybridized carbons (Fsp3) is 0.294. The number of anilines is 2. The normalized spacial score (nSPS) is 10.8. The lowest BCUT2D eigenvalue weighted by Crippen LogP contribution is -2.45. The Kier molecular flexibility index (Phi) is 5.53. The second kappa shape index (κ2) is 7.61. The average Bonchev–Trinajstić information content (AvgIpc) is 2.52. The first-order valence-electron chi connectivity index (χ1n) is 7.71. The molecular weight excluding hydrogens is 322 g/mol. The highest BCUT2D eigenvalue weighted by Crippen LogP contribution is 2.25. The molecule has 0 spiro atoms. The zero-order valence-electron chi connectivity index (χ0n) is 14.4. The van der Waals surface area contributed by atoms with Crippen molar-refractivity contribution in [3.8, 4) is 0 Å². The van der Waals surface area contributed by atoms with Gasteiger partial charge in [0.25, 0.3) is 0 Å². The summed E-state index contributed by atoms with van der Waals surface area (Å²) in [5, 5.41) is 14.7. The fourth-order valence-corrected chi connectivity index (χ4v) is 2.25. The third-order valence-electron chi connectivity index (χ3n) is 3.26. The minimum absolute atomic E-state index is 0.256. The van der Waals surface area contributed by atoms with Crippen LogP contribution in [0.4, 0.5) is 21.1 Å². The molecule has 0 aliphatic rings. The number of hydrogen-bond acceptors (Lipinski definition) is 4. The number of hydrogen-bond donors (Lipinski definition) is 3. The van der Waals surface area contributed by atoms with Gasteiger partial charge in [-0.1, -0.05) is 6.07 Å². The zero-order chi connectivity index (χ0) is 18.4. The van der Waals surface area contributed by atoms with E-state index in [4.69, 9.17) is 0 Å². The molecule has 0 atom stereocenters. The fourth-order valence-electron chi connectivity index (χ4n) is 2.25. The quantitative estimate of drug-likeness (QED) is 0.791. The van der Waals surface area contributed by atoms with Crippen molar-refractivity contribution in [1.29, 1.82) is 0 Å². The van der Waals surface area contributed by atoms with Gasteiger partial charge in [0.1, 0.15) is 5.82 Å². The highest BCUT2D eigenvalue weighted by molar-refractivity contribution is 5.91. The van der Waals surface area contributed by atoms with Gasteiger partial charge in [0.2, 0.25) is 0 Å². The second-order valence-electron chi connectivity index (χ2n) is 6.32. The number of amides is 3. The highest BCUT2D eigenvalue weighted by Gasteiger charge is 2.28. The molecule has 0 saturated heterocycles. The molecule has 0 aliphatic heterocycles. The Morgan fingerprint density at radius 3 is 2.52 bits per heavy atom. The maximum atomic E-state index is 12.0. The first-order chi connectivity index (χ1) is 11.8. The van der Waals surface area contributed by atoms with E-state index in [2.05, 4.69) is 20.6 Å². The molecule has 2 aromatic heterocycles. The lowest BCUT2D eigenvalue weighted by molar-refractivity contribution is 0.195. The summed E-state index contributed by atoms with van der Waals surface area (Å²) in [7, 11) is 0. The van der Waals surface area contributed by atoms with Crippen molar-refractivity contribution in [2.24, 2.45) is 0 Å². The lowest BCUT2D eigenvalue weighted by atomic mass is 10.1. The molecular formula is C17H21N5O3. The van der Waals surface area contributed by atoms with Gasteiger partial charge in [-0.3, -0.25) is 15.2 Å². The first-order valence-corrected chi connectivity index (χ1v) is 7.71. The van der Waals surface area contributed by atoms with Crippen LogP contribution in [-0.2, 0) is 6.54 Å². The lowest BCUT2D eigenvalue weighted by Gasteiger charge is -2.33. The largest absolute Gasteiger partial charge is 0.465 e. The van der Waals surface area contributed by atoms with Gasteiger partial charge >= 0.3 is 12.1 Å². The number of rotatable bonds is 4. The van der Waals surface area contributed by atoms with E-state index in [0.717, 1.165) is 5.69 Å². The standard InChI is InChI=1S/C17H21N5O3/c1-17(2,3)22(16(24)25)13-7-9-19-14(10-13)21-15(23)20-11-12-6-4-5-8-18-12/h4-10H,11H2,1-3H3,(H,24,25)(H2,19,20,21,23). The molecule has 2 rings (SSSR count). The van der Waals surface area contributed by atoms with Gasteiger partial charge in [0, 0.05) is 24.0 Å². The van der Waals surface area contributed by atoms with Gasteiger partial charge in [0.15, 0.2) is 0 Å². The van der Waals surface area contributed by atoms with Crippen LogP contribution in [0.5, 0.6) is 0 Å². The Morgan fingerprint density at radius 1 is 1.16 bits per heavy atom. The molecule has 8 heteroatoms. The van der Waals surface area contributed by atoms with Gasteiger partial charge < -0.3 is 10.4 Å². The molecule has 0 unspecified atom stereocenters. The summed E-state index contributed by atoms with van der Waals surface area (Å²) in [4.78, 5) is 32.9. The van der Waals surface area contributed by atoms with E-state index < -0.39 is 17.7 Å². The number of urea groups is 1. The third-order valence-corrected chi connectivity index (χ3v) is 3.26. The molecule has 3 N–H and O–H groups in total. The predicted molar refractivity (Wildman–Crippen MR) is 94.6 cm³/mol. The summed E-state index contributed by atoms with van der Waals surface area (Å²) in [5.41, 5.74) is 0.519. The zero-order valence-corrected chi connectivity index (χ0v) is 14.4. The monoisotopic (exact) mass is 343 g/mol. The smallest absolute Gasteiger partial charge is 0.412 e. The number of carbonyl (C=O) groups excluding carboxylic acids is 1. The van der Waals surface area contributed by atoms with E-state index in [1.807, 2.05) is 6.07 Å². The van der Waals surface area contributed by atoms with Crippen LogP contribution >= 0.6 is 0 Å². The van der Waals surface area contributed by atoms with Crippen LogP contribution in [0.3, 0.4) is 0 Å². The maximum Gasteiger partial charge on any atom is 0.412 e. The number of nitrogens with one attached hydrogen (secondary N) is 2. The van der Waals surface area contributed by atoms with Crippen LogP contribution in [0, 0.1) is 0 Å². The van der Waals surface area contributed by atoms with Crippen LogP contribution in [0.15, 0.2) is 42.7 Å². The molecule has 25 heavy (non-hydrogen) atoms. The van der Waals surface area contributed by atoms with E-state index in [1.165, 1.54) is 17.2 Å². The Morgan fingerprint density at radius 2 is 1.92 bits per heavy atom. The van der Waals surface area contributed by atoms with E-state index >= 15 is 0 Å². The van der Waals surface area contributed by atoms with Crippen LogP contribution in [-0.4, -0.2) is 32.7 Å². The van der Waals surface area contributed by atoms with Crippen molar-refractivity contribution in [3.63, 3.8) is 0 Å². The predicted octanol–water partition coefficient (Wildman–Crippen LogP) is 3.08. The SMILES string of the molecule is CC(C)(C)N(C(=O)O)c1ccnc(NC(=O)NCc2ccccn2)c1. The average molecular weight is 343 g/mol. The molecule has 0 aliphatic carbocycles. The molecule has 8 nitrogen and oxygen atoms in total. The van der Waals surface area contributed by atoms with Crippen LogP contribution < -0.4 is 15.5 Å². The molecule has 0 bridgehead atoms. The summed E-state index contributed by atoms with van der Waals surface area (Å²) < 4.78 is 0. The summed E-state index contributed by atoms with van der Waals surface area (Å²) in [6.45, 7) is 5.63. The number of aromatic nitrogens is 2. The van der Waals surface area contributed by atoms with Gasteiger partial charge in [-0.2, -0.15) is 0 Å². The van der Waals surface area contributed by atoms with Crippen LogP contribution in [0.1, 0.15) is 26.5 Å². The second-order valence-corrected chi connectivity index (χ2v) is 6.32. The topological polar surface area (TPSA) is 107 Å². The van der Waals surface area contributed by atoms with Crippen molar-refractivity contribution in [3.05, 3.63) is 48.4 Å².